The quantitative estimate of drug-likeness (QED) is 0.851. The number of nitrogens with one attached hydrogen (secondary N) is 2. The Labute approximate surface area is 110 Å². The van der Waals surface area contributed by atoms with Crippen molar-refractivity contribution in [2.75, 3.05) is 17.2 Å². The van der Waals surface area contributed by atoms with Crippen LogP contribution in [0.1, 0.15) is 40.0 Å². The average molecular weight is 247 g/mol. The molecule has 1 saturated carbocycles. The largest absolute Gasteiger partial charge is 0.370 e. The Kier molecular flexibility index (Phi) is 4.45. The smallest absolute Gasteiger partial charge is 0.128 e. The van der Waals surface area contributed by atoms with Crippen molar-refractivity contribution >= 4 is 11.6 Å². The first-order valence-electron chi connectivity index (χ1n) is 7.16. The van der Waals surface area contributed by atoms with Gasteiger partial charge in [-0.05, 0) is 50.2 Å². The molecule has 18 heavy (non-hydrogen) atoms. The summed E-state index contributed by atoms with van der Waals surface area (Å²) in [5.74, 6) is 3.64. The predicted octanol–water partition coefficient (Wildman–Crippen LogP) is 3.75. The molecule has 1 aliphatic carbocycles. The van der Waals surface area contributed by atoms with Gasteiger partial charge in [-0.3, -0.25) is 0 Å². The highest BCUT2D eigenvalue weighted by Gasteiger charge is 2.24. The molecule has 2 rings (SSSR count). The summed E-state index contributed by atoms with van der Waals surface area (Å²) in [6.07, 6.45) is 3.85. The van der Waals surface area contributed by atoms with E-state index in [4.69, 9.17) is 0 Å². The van der Waals surface area contributed by atoms with Crippen LogP contribution in [0, 0.1) is 11.8 Å². The van der Waals surface area contributed by atoms with Crippen LogP contribution in [0.2, 0.25) is 0 Å². The zero-order chi connectivity index (χ0) is 13.0. The van der Waals surface area contributed by atoms with E-state index >= 15 is 0 Å². The summed E-state index contributed by atoms with van der Waals surface area (Å²) in [6.45, 7) is 7.73. The SMILES string of the molecule is CCNc1cccc(NC2CCC(C)C(C)C2)n1. The molecule has 0 bridgehead atoms. The number of hydrogen-bond acceptors (Lipinski definition) is 3. The first-order valence-corrected chi connectivity index (χ1v) is 7.16. The van der Waals surface area contributed by atoms with Crippen LogP contribution in [0.4, 0.5) is 11.6 Å². The van der Waals surface area contributed by atoms with Crippen molar-refractivity contribution in [2.45, 2.75) is 46.1 Å². The molecule has 2 N–H and O–H groups in total. The molecular weight excluding hydrogens is 222 g/mol. The highest BCUT2D eigenvalue weighted by Crippen LogP contribution is 2.30. The molecular formula is C15H25N3. The summed E-state index contributed by atoms with van der Waals surface area (Å²) in [5.41, 5.74) is 0. The van der Waals surface area contributed by atoms with Gasteiger partial charge in [-0.1, -0.05) is 19.9 Å². The van der Waals surface area contributed by atoms with Crippen molar-refractivity contribution < 1.29 is 0 Å². The second-order valence-corrected chi connectivity index (χ2v) is 5.55. The standard InChI is InChI=1S/C15H25N3/c1-4-16-14-6-5-7-15(18-14)17-13-9-8-11(2)12(3)10-13/h5-7,11-13H,4,8-10H2,1-3H3,(H2,16,17,18). The highest BCUT2D eigenvalue weighted by molar-refractivity contribution is 5.45. The fourth-order valence-corrected chi connectivity index (χ4v) is 2.68. The number of pyridine rings is 1. The van der Waals surface area contributed by atoms with Crippen molar-refractivity contribution in [2.24, 2.45) is 11.8 Å². The van der Waals surface area contributed by atoms with Gasteiger partial charge < -0.3 is 10.6 Å². The molecule has 0 aliphatic heterocycles. The van der Waals surface area contributed by atoms with Crippen LogP contribution >= 0.6 is 0 Å². The van der Waals surface area contributed by atoms with Gasteiger partial charge in [0.15, 0.2) is 0 Å². The van der Waals surface area contributed by atoms with E-state index in [1.807, 2.05) is 6.07 Å². The van der Waals surface area contributed by atoms with Crippen molar-refractivity contribution in [3.63, 3.8) is 0 Å². The van der Waals surface area contributed by atoms with Crippen molar-refractivity contribution in [3.8, 4) is 0 Å². The molecule has 3 nitrogen and oxygen atoms in total. The molecule has 3 atom stereocenters. The summed E-state index contributed by atoms with van der Waals surface area (Å²) in [4.78, 5) is 4.58. The molecule has 3 unspecified atom stereocenters. The lowest BCUT2D eigenvalue weighted by Gasteiger charge is -2.32. The van der Waals surface area contributed by atoms with Crippen molar-refractivity contribution in [1.29, 1.82) is 0 Å². The van der Waals surface area contributed by atoms with Gasteiger partial charge in [-0.2, -0.15) is 0 Å². The van der Waals surface area contributed by atoms with Gasteiger partial charge in [0, 0.05) is 12.6 Å². The normalized spacial score (nSPS) is 27.8. The third-order valence-corrected chi connectivity index (χ3v) is 4.06. The monoisotopic (exact) mass is 247 g/mol. The minimum absolute atomic E-state index is 0.584. The van der Waals surface area contributed by atoms with E-state index in [1.54, 1.807) is 0 Å². The molecule has 0 amide bonds. The molecule has 0 saturated heterocycles. The van der Waals surface area contributed by atoms with E-state index in [1.165, 1.54) is 19.3 Å². The number of anilines is 2. The molecule has 0 radical (unpaired) electrons. The molecule has 3 heteroatoms. The summed E-state index contributed by atoms with van der Waals surface area (Å²) in [5, 5.41) is 6.83. The lowest BCUT2D eigenvalue weighted by Crippen LogP contribution is -2.30. The van der Waals surface area contributed by atoms with E-state index in [9.17, 15) is 0 Å². The Morgan fingerprint density at radius 2 is 1.94 bits per heavy atom. The van der Waals surface area contributed by atoms with Gasteiger partial charge in [0.25, 0.3) is 0 Å². The molecule has 1 fully saturated rings. The maximum Gasteiger partial charge on any atom is 0.128 e. The van der Waals surface area contributed by atoms with E-state index in [2.05, 4.69) is 48.5 Å². The van der Waals surface area contributed by atoms with E-state index in [0.717, 1.165) is 30.0 Å². The Bertz CT molecular complexity index is 378. The highest BCUT2D eigenvalue weighted by atomic mass is 15.1. The van der Waals surface area contributed by atoms with E-state index in [0.29, 0.717) is 6.04 Å². The fraction of sp³-hybridized carbons (Fsp3) is 0.667. The number of nitrogens with zero attached hydrogens (tertiary/aromatic N) is 1. The number of aromatic nitrogens is 1. The lowest BCUT2D eigenvalue weighted by molar-refractivity contribution is 0.260. The third kappa shape index (κ3) is 3.37. The van der Waals surface area contributed by atoms with Crippen LogP contribution in [0.15, 0.2) is 18.2 Å². The summed E-state index contributed by atoms with van der Waals surface area (Å²) in [7, 11) is 0. The van der Waals surface area contributed by atoms with Gasteiger partial charge >= 0.3 is 0 Å². The third-order valence-electron chi connectivity index (χ3n) is 4.06. The Morgan fingerprint density at radius 3 is 2.67 bits per heavy atom. The fourth-order valence-electron chi connectivity index (χ4n) is 2.68. The second kappa shape index (κ2) is 6.07. The first-order chi connectivity index (χ1) is 8.69. The maximum absolute atomic E-state index is 4.58. The number of hydrogen-bond donors (Lipinski definition) is 2. The van der Waals surface area contributed by atoms with Crippen LogP contribution in [0.3, 0.4) is 0 Å². The molecule has 0 aromatic carbocycles. The minimum Gasteiger partial charge on any atom is -0.370 e. The topological polar surface area (TPSA) is 37.0 Å². The average Bonchev–Trinajstić information content (AvgIpc) is 2.35. The summed E-state index contributed by atoms with van der Waals surface area (Å²) < 4.78 is 0. The molecule has 1 aromatic heterocycles. The minimum atomic E-state index is 0.584. The summed E-state index contributed by atoms with van der Waals surface area (Å²) in [6, 6.07) is 6.71. The zero-order valence-electron chi connectivity index (χ0n) is 11.7. The lowest BCUT2D eigenvalue weighted by atomic mass is 9.79. The Morgan fingerprint density at radius 1 is 1.17 bits per heavy atom. The van der Waals surface area contributed by atoms with E-state index < -0.39 is 0 Å². The molecule has 1 aliphatic rings. The Hall–Kier alpha value is -1.25. The van der Waals surface area contributed by atoms with Gasteiger partial charge in [-0.15, -0.1) is 0 Å². The van der Waals surface area contributed by atoms with E-state index in [-0.39, 0.29) is 0 Å². The Balaban J connectivity index is 1.94. The second-order valence-electron chi connectivity index (χ2n) is 5.55. The maximum atomic E-state index is 4.58. The van der Waals surface area contributed by atoms with Crippen LogP contribution in [-0.4, -0.2) is 17.6 Å². The molecule has 1 aromatic rings. The predicted molar refractivity (Wildman–Crippen MR) is 78.0 cm³/mol. The first kappa shape index (κ1) is 13.2. The van der Waals surface area contributed by atoms with Crippen LogP contribution < -0.4 is 10.6 Å². The molecule has 0 spiro atoms. The van der Waals surface area contributed by atoms with Crippen molar-refractivity contribution in [3.05, 3.63) is 18.2 Å². The number of rotatable bonds is 4. The zero-order valence-corrected chi connectivity index (χ0v) is 11.7. The van der Waals surface area contributed by atoms with Crippen LogP contribution in [-0.2, 0) is 0 Å². The van der Waals surface area contributed by atoms with Gasteiger partial charge in [-0.25, -0.2) is 4.98 Å². The van der Waals surface area contributed by atoms with Gasteiger partial charge in [0.2, 0.25) is 0 Å². The van der Waals surface area contributed by atoms with Crippen LogP contribution in [0.25, 0.3) is 0 Å². The van der Waals surface area contributed by atoms with Gasteiger partial charge in [0.1, 0.15) is 11.6 Å². The molecule has 1 heterocycles. The van der Waals surface area contributed by atoms with Crippen LogP contribution in [0.5, 0.6) is 0 Å². The summed E-state index contributed by atoms with van der Waals surface area (Å²) >= 11 is 0. The van der Waals surface area contributed by atoms with Gasteiger partial charge in [0.05, 0.1) is 0 Å². The molecule has 100 valence electrons. The van der Waals surface area contributed by atoms with Crippen molar-refractivity contribution in [1.82, 2.24) is 4.98 Å².